The normalized spacial score (nSPS) is 18.4. The van der Waals surface area contributed by atoms with E-state index in [4.69, 9.17) is 10.5 Å². The van der Waals surface area contributed by atoms with E-state index in [1.807, 2.05) is 0 Å². The third-order valence-corrected chi connectivity index (χ3v) is 5.11. The number of ether oxygens (including phenoxy) is 1. The molecule has 1 aliphatic rings. The number of nitrogens with two attached hydrogens (primary N) is 1. The standard InChI is InChI=1S/C14H17BrN2O3S/c1-2-20-14(19)11-8-21-7-6-17(11)13(18)9-4-3-5-10(16)12(9)15/h3-5,11H,2,6-8,16H2,1H3. The first-order valence-corrected chi connectivity index (χ1v) is 8.60. The van der Waals surface area contributed by atoms with Gasteiger partial charge in [-0.15, -0.1) is 0 Å². The molecule has 1 aromatic rings. The van der Waals surface area contributed by atoms with E-state index in [0.717, 1.165) is 5.75 Å². The summed E-state index contributed by atoms with van der Waals surface area (Å²) in [6, 6.07) is 4.61. The molecule has 0 aliphatic carbocycles. The number of hydrogen-bond acceptors (Lipinski definition) is 5. The summed E-state index contributed by atoms with van der Waals surface area (Å²) in [7, 11) is 0. The molecule has 1 heterocycles. The maximum atomic E-state index is 12.7. The van der Waals surface area contributed by atoms with E-state index in [9.17, 15) is 9.59 Å². The van der Waals surface area contributed by atoms with Crippen LogP contribution in [0.15, 0.2) is 22.7 Å². The zero-order chi connectivity index (χ0) is 15.4. The van der Waals surface area contributed by atoms with Crippen LogP contribution >= 0.6 is 27.7 Å². The van der Waals surface area contributed by atoms with Crippen LogP contribution in [0.2, 0.25) is 0 Å². The SMILES string of the molecule is CCOC(=O)C1CSCCN1C(=O)c1cccc(N)c1Br. The van der Waals surface area contributed by atoms with Crippen LogP contribution in [-0.2, 0) is 9.53 Å². The van der Waals surface area contributed by atoms with Gasteiger partial charge in [0.25, 0.3) is 5.91 Å². The fourth-order valence-electron chi connectivity index (χ4n) is 2.15. The minimum absolute atomic E-state index is 0.201. The van der Waals surface area contributed by atoms with Crippen molar-refractivity contribution in [2.75, 3.05) is 30.4 Å². The van der Waals surface area contributed by atoms with Crippen molar-refractivity contribution in [2.24, 2.45) is 0 Å². The summed E-state index contributed by atoms with van der Waals surface area (Å²) < 4.78 is 5.63. The predicted molar refractivity (Wildman–Crippen MR) is 87.3 cm³/mol. The second-order valence-electron chi connectivity index (χ2n) is 4.55. The molecule has 1 aromatic carbocycles. The fraction of sp³-hybridized carbons (Fsp3) is 0.429. The summed E-state index contributed by atoms with van der Waals surface area (Å²) in [4.78, 5) is 26.3. The van der Waals surface area contributed by atoms with Crippen LogP contribution in [0.4, 0.5) is 5.69 Å². The van der Waals surface area contributed by atoms with Gasteiger partial charge in [-0.25, -0.2) is 4.79 Å². The van der Waals surface area contributed by atoms with Gasteiger partial charge in [0.2, 0.25) is 0 Å². The van der Waals surface area contributed by atoms with Crippen LogP contribution in [0.25, 0.3) is 0 Å². The number of carbonyl (C=O) groups is 2. The predicted octanol–water partition coefficient (Wildman–Crippen LogP) is 2.15. The lowest BCUT2D eigenvalue weighted by atomic mass is 10.1. The summed E-state index contributed by atoms with van der Waals surface area (Å²) >= 11 is 4.99. The number of anilines is 1. The van der Waals surface area contributed by atoms with Gasteiger partial charge in [0.15, 0.2) is 0 Å². The van der Waals surface area contributed by atoms with Crippen LogP contribution in [0.5, 0.6) is 0 Å². The summed E-state index contributed by atoms with van der Waals surface area (Å²) in [5.41, 5.74) is 6.79. The minimum atomic E-state index is -0.537. The van der Waals surface area contributed by atoms with Crippen molar-refractivity contribution < 1.29 is 14.3 Å². The number of nitrogens with zero attached hydrogens (tertiary/aromatic N) is 1. The molecule has 0 radical (unpaired) electrons. The molecule has 1 amide bonds. The summed E-state index contributed by atoms with van der Waals surface area (Å²) in [6.07, 6.45) is 0. The monoisotopic (exact) mass is 372 g/mol. The molecule has 2 rings (SSSR count). The van der Waals surface area contributed by atoms with Crippen molar-refractivity contribution in [1.29, 1.82) is 0 Å². The second kappa shape index (κ2) is 7.17. The van der Waals surface area contributed by atoms with Gasteiger partial charge in [-0.05, 0) is 35.0 Å². The zero-order valence-corrected chi connectivity index (χ0v) is 14.1. The summed E-state index contributed by atoms with van der Waals surface area (Å²) in [5, 5.41) is 0. The first kappa shape index (κ1) is 16.2. The van der Waals surface area contributed by atoms with Crippen molar-refractivity contribution in [3.63, 3.8) is 0 Å². The molecule has 0 bridgehead atoms. The molecular formula is C14H17BrN2O3S. The third-order valence-electron chi connectivity index (χ3n) is 3.21. The molecule has 0 spiro atoms. The van der Waals surface area contributed by atoms with Gasteiger partial charge in [0, 0.05) is 23.7 Å². The Morgan fingerprint density at radius 1 is 1.52 bits per heavy atom. The Morgan fingerprint density at radius 3 is 3.00 bits per heavy atom. The molecule has 2 N–H and O–H groups in total. The Labute approximate surface area is 136 Å². The van der Waals surface area contributed by atoms with Gasteiger partial charge >= 0.3 is 5.97 Å². The van der Waals surface area contributed by atoms with Crippen molar-refractivity contribution in [1.82, 2.24) is 4.90 Å². The first-order chi connectivity index (χ1) is 10.1. The Bertz CT molecular complexity index is 553. The van der Waals surface area contributed by atoms with E-state index in [1.165, 1.54) is 0 Å². The molecule has 7 heteroatoms. The molecule has 1 unspecified atom stereocenters. The van der Waals surface area contributed by atoms with Crippen LogP contribution in [-0.4, -0.2) is 47.5 Å². The van der Waals surface area contributed by atoms with Gasteiger partial charge in [0.05, 0.1) is 16.6 Å². The van der Waals surface area contributed by atoms with Gasteiger partial charge < -0.3 is 15.4 Å². The highest BCUT2D eigenvalue weighted by Gasteiger charge is 2.34. The molecule has 0 saturated carbocycles. The average Bonchev–Trinajstić information content (AvgIpc) is 2.49. The maximum Gasteiger partial charge on any atom is 0.329 e. The number of nitrogen functional groups attached to an aromatic ring is 1. The molecule has 1 saturated heterocycles. The molecule has 0 aromatic heterocycles. The van der Waals surface area contributed by atoms with Crippen LogP contribution in [0.1, 0.15) is 17.3 Å². The highest BCUT2D eigenvalue weighted by atomic mass is 79.9. The number of rotatable bonds is 3. The number of thioether (sulfide) groups is 1. The molecule has 5 nitrogen and oxygen atoms in total. The Kier molecular flexibility index (Phi) is 5.52. The zero-order valence-electron chi connectivity index (χ0n) is 11.7. The quantitative estimate of drug-likeness (QED) is 0.649. The molecule has 114 valence electrons. The van der Waals surface area contributed by atoms with Crippen molar-refractivity contribution in [3.05, 3.63) is 28.2 Å². The summed E-state index contributed by atoms with van der Waals surface area (Å²) in [6.45, 7) is 2.59. The Hall–Kier alpha value is -1.21. The summed E-state index contributed by atoms with van der Waals surface area (Å²) in [5.74, 6) is 0.817. The second-order valence-corrected chi connectivity index (χ2v) is 6.49. The van der Waals surface area contributed by atoms with Crippen molar-refractivity contribution in [3.8, 4) is 0 Å². The van der Waals surface area contributed by atoms with E-state index in [1.54, 1.807) is 41.8 Å². The largest absolute Gasteiger partial charge is 0.464 e. The van der Waals surface area contributed by atoms with E-state index >= 15 is 0 Å². The van der Waals surface area contributed by atoms with E-state index in [2.05, 4.69) is 15.9 Å². The molecule has 1 aliphatic heterocycles. The highest BCUT2D eigenvalue weighted by Crippen LogP contribution is 2.27. The molecule has 1 fully saturated rings. The molecule has 21 heavy (non-hydrogen) atoms. The Balaban J connectivity index is 2.26. The number of hydrogen-bond donors (Lipinski definition) is 1. The number of halogens is 1. The lowest BCUT2D eigenvalue weighted by Crippen LogP contribution is -2.51. The lowest BCUT2D eigenvalue weighted by molar-refractivity contribution is -0.147. The first-order valence-electron chi connectivity index (χ1n) is 6.65. The van der Waals surface area contributed by atoms with Crippen LogP contribution in [0.3, 0.4) is 0 Å². The fourth-order valence-corrected chi connectivity index (χ4v) is 3.62. The maximum absolute atomic E-state index is 12.7. The molecular weight excluding hydrogens is 356 g/mol. The van der Waals surface area contributed by atoms with Gasteiger partial charge in [-0.3, -0.25) is 4.79 Å². The minimum Gasteiger partial charge on any atom is -0.464 e. The molecule has 1 atom stereocenters. The van der Waals surface area contributed by atoms with E-state index in [0.29, 0.717) is 34.6 Å². The smallest absolute Gasteiger partial charge is 0.329 e. The highest BCUT2D eigenvalue weighted by molar-refractivity contribution is 9.10. The van der Waals surface area contributed by atoms with E-state index in [-0.39, 0.29) is 11.9 Å². The number of esters is 1. The average molecular weight is 373 g/mol. The van der Waals surface area contributed by atoms with Crippen molar-refractivity contribution >= 4 is 45.3 Å². The number of amides is 1. The third kappa shape index (κ3) is 3.52. The van der Waals surface area contributed by atoms with Gasteiger partial charge in [0.1, 0.15) is 6.04 Å². The lowest BCUT2D eigenvalue weighted by Gasteiger charge is -2.34. The number of benzene rings is 1. The van der Waals surface area contributed by atoms with Gasteiger partial charge in [-0.1, -0.05) is 6.07 Å². The van der Waals surface area contributed by atoms with Gasteiger partial charge in [-0.2, -0.15) is 11.8 Å². The topological polar surface area (TPSA) is 72.6 Å². The van der Waals surface area contributed by atoms with Crippen LogP contribution in [0, 0.1) is 0 Å². The Morgan fingerprint density at radius 2 is 2.29 bits per heavy atom. The van der Waals surface area contributed by atoms with Crippen LogP contribution < -0.4 is 5.73 Å². The number of carbonyl (C=O) groups excluding carboxylic acids is 2. The van der Waals surface area contributed by atoms with E-state index < -0.39 is 6.04 Å². The van der Waals surface area contributed by atoms with Crippen molar-refractivity contribution in [2.45, 2.75) is 13.0 Å².